The monoisotopic (exact) mass is 187 g/mol. The summed E-state index contributed by atoms with van der Waals surface area (Å²) in [5.41, 5.74) is 0.0921. The van der Waals surface area contributed by atoms with Crippen molar-refractivity contribution in [3.8, 4) is 0 Å². The van der Waals surface area contributed by atoms with Crippen LogP contribution in [0.1, 0.15) is 27.2 Å². The highest BCUT2D eigenvalue weighted by Crippen LogP contribution is 2.23. The summed E-state index contributed by atoms with van der Waals surface area (Å²) in [5.74, 6) is 0.239. The Morgan fingerprint density at radius 1 is 1.31 bits per heavy atom. The van der Waals surface area contributed by atoms with Crippen LogP contribution in [0.3, 0.4) is 0 Å². The van der Waals surface area contributed by atoms with Gasteiger partial charge < -0.3 is 10.2 Å². The van der Waals surface area contributed by atoms with Gasteiger partial charge in [0.05, 0.1) is 6.10 Å². The standard InChI is InChI=1S/C10H21NO2/c1-10(2,3)11-5-8(7-12)4-9(13)6-11/h8-9,12-13H,4-7H2,1-3H3. The molecular weight excluding hydrogens is 166 g/mol. The van der Waals surface area contributed by atoms with Crippen LogP contribution in [0.5, 0.6) is 0 Å². The average molecular weight is 187 g/mol. The topological polar surface area (TPSA) is 43.7 Å². The zero-order valence-corrected chi connectivity index (χ0v) is 8.82. The van der Waals surface area contributed by atoms with Crippen LogP contribution in [0.15, 0.2) is 0 Å². The number of likely N-dealkylation sites (tertiary alicyclic amines) is 1. The Morgan fingerprint density at radius 2 is 1.92 bits per heavy atom. The van der Waals surface area contributed by atoms with Gasteiger partial charge in [-0.2, -0.15) is 0 Å². The number of aliphatic hydroxyl groups excluding tert-OH is 2. The highest BCUT2D eigenvalue weighted by atomic mass is 16.3. The fourth-order valence-electron chi connectivity index (χ4n) is 1.85. The molecule has 0 radical (unpaired) electrons. The Bertz CT molecular complexity index is 165. The Morgan fingerprint density at radius 3 is 2.38 bits per heavy atom. The summed E-state index contributed by atoms with van der Waals surface area (Å²) in [6.07, 6.45) is 0.466. The van der Waals surface area contributed by atoms with Crippen LogP contribution in [0, 0.1) is 5.92 Å². The summed E-state index contributed by atoms with van der Waals surface area (Å²) in [5, 5.41) is 18.6. The van der Waals surface area contributed by atoms with Crippen LogP contribution in [0.2, 0.25) is 0 Å². The van der Waals surface area contributed by atoms with E-state index in [2.05, 4.69) is 25.7 Å². The minimum atomic E-state index is -0.273. The molecule has 3 heteroatoms. The molecule has 0 aromatic rings. The number of hydrogen-bond acceptors (Lipinski definition) is 3. The normalized spacial score (nSPS) is 32.1. The van der Waals surface area contributed by atoms with Crippen molar-refractivity contribution in [3.63, 3.8) is 0 Å². The molecule has 0 spiro atoms. The van der Waals surface area contributed by atoms with E-state index in [1.807, 2.05) is 0 Å². The summed E-state index contributed by atoms with van der Waals surface area (Å²) in [6, 6.07) is 0. The van der Waals surface area contributed by atoms with Gasteiger partial charge in [-0.1, -0.05) is 0 Å². The van der Waals surface area contributed by atoms with Crippen LogP contribution < -0.4 is 0 Å². The van der Waals surface area contributed by atoms with Crippen molar-refractivity contribution in [2.24, 2.45) is 5.92 Å². The van der Waals surface area contributed by atoms with Crippen molar-refractivity contribution in [2.75, 3.05) is 19.7 Å². The van der Waals surface area contributed by atoms with Crippen molar-refractivity contribution >= 4 is 0 Å². The molecule has 0 saturated carbocycles. The lowest BCUT2D eigenvalue weighted by molar-refractivity contribution is -0.0177. The summed E-state index contributed by atoms with van der Waals surface area (Å²) in [6.45, 7) is 8.24. The fourth-order valence-corrected chi connectivity index (χ4v) is 1.85. The zero-order valence-electron chi connectivity index (χ0n) is 8.82. The molecular formula is C10H21NO2. The van der Waals surface area contributed by atoms with Crippen LogP contribution in [-0.2, 0) is 0 Å². The largest absolute Gasteiger partial charge is 0.396 e. The third kappa shape index (κ3) is 2.93. The second kappa shape index (κ2) is 3.95. The van der Waals surface area contributed by atoms with Crippen molar-refractivity contribution in [3.05, 3.63) is 0 Å². The number of rotatable bonds is 1. The average Bonchev–Trinajstić information content (AvgIpc) is 2.01. The lowest BCUT2D eigenvalue weighted by Gasteiger charge is -2.43. The zero-order chi connectivity index (χ0) is 10.1. The summed E-state index contributed by atoms with van der Waals surface area (Å²) in [4.78, 5) is 2.24. The lowest BCUT2D eigenvalue weighted by atomic mass is 9.92. The number of piperidine rings is 1. The molecule has 13 heavy (non-hydrogen) atoms. The third-order valence-corrected chi connectivity index (χ3v) is 2.72. The van der Waals surface area contributed by atoms with Gasteiger partial charge in [0.25, 0.3) is 0 Å². The highest BCUT2D eigenvalue weighted by Gasteiger charge is 2.31. The van der Waals surface area contributed by atoms with Crippen LogP contribution in [0.4, 0.5) is 0 Å². The molecule has 2 atom stereocenters. The molecule has 1 heterocycles. The van der Waals surface area contributed by atoms with Gasteiger partial charge in [0, 0.05) is 25.2 Å². The van der Waals surface area contributed by atoms with E-state index in [0.717, 1.165) is 19.5 Å². The maximum atomic E-state index is 9.59. The first-order chi connectivity index (χ1) is 5.93. The number of nitrogens with zero attached hydrogens (tertiary/aromatic N) is 1. The van der Waals surface area contributed by atoms with Crippen LogP contribution >= 0.6 is 0 Å². The van der Waals surface area contributed by atoms with E-state index >= 15 is 0 Å². The molecule has 2 unspecified atom stereocenters. The minimum absolute atomic E-state index is 0.0921. The van der Waals surface area contributed by atoms with E-state index in [-0.39, 0.29) is 24.2 Å². The van der Waals surface area contributed by atoms with E-state index in [0.29, 0.717) is 0 Å². The van der Waals surface area contributed by atoms with Gasteiger partial charge in [-0.15, -0.1) is 0 Å². The SMILES string of the molecule is CC(C)(C)N1CC(O)CC(CO)C1. The van der Waals surface area contributed by atoms with Gasteiger partial charge in [0.1, 0.15) is 0 Å². The van der Waals surface area contributed by atoms with Gasteiger partial charge in [0.2, 0.25) is 0 Å². The fraction of sp³-hybridized carbons (Fsp3) is 1.00. The Kier molecular flexibility index (Phi) is 3.33. The predicted octanol–water partition coefficient (Wildman–Crippen LogP) is 0.460. The third-order valence-electron chi connectivity index (χ3n) is 2.72. The Balaban J connectivity index is 2.57. The van der Waals surface area contributed by atoms with Crippen LogP contribution in [0.25, 0.3) is 0 Å². The van der Waals surface area contributed by atoms with E-state index in [4.69, 9.17) is 5.11 Å². The molecule has 1 aliphatic rings. The second-order valence-electron chi connectivity index (χ2n) is 5.01. The quantitative estimate of drug-likeness (QED) is 0.627. The molecule has 1 rings (SSSR count). The maximum Gasteiger partial charge on any atom is 0.0671 e. The number of aliphatic hydroxyl groups is 2. The molecule has 3 nitrogen and oxygen atoms in total. The first-order valence-electron chi connectivity index (χ1n) is 4.97. The van der Waals surface area contributed by atoms with E-state index in [1.165, 1.54) is 0 Å². The molecule has 0 aromatic carbocycles. The summed E-state index contributed by atoms with van der Waals surface area (Å²) < 4.78 is 0. The Labute approximate surface area is 80.4 Å². The number of hydrogen-bond donors (Lipinski definition) is 2. The summed E-state index contributed by atoms with van der Waals surface area (Å²) >= 11 is 0. The van der Waals surface area contributed by atoms with Gasteiger partial charge in [-0.05, 0) is 33.1 Å². The molecule has 1 saturated heterocycles. The minimum Gasteiger partial charge on any atom is -0.396 e. The molecule has 1 fully saturated rings. The van der Waals surface area contributed by atoms with Crippen molar-refractivity contribution in [1.82, 2.24) is 4.90 Å². The van der Waals surface area contributed by atoms with E-state index in [1.54, 1.807) is 0 Å². The lowest BCUT2D eigenvalue weighted by Crippen LogP contribution is -2.52. The van der Waals surface area contributed by atoms with Gasteiger partial charge in [-0.3, -0.25) is 4.90 Å². The highest BCUT2D eigenvalue weighted by molar-refractivity contribution is 4.85. The second-order valence-corrected chi connectivity index (χ2v) is 5.01. The smallest absolute Gasteiger partial charge is 0.0671 e. The predicted molar refractivity (Wildman–Crippen MR) is 52.5 cm³/mol. The van der Waals surface area contributed by atoms with Gasteiger partial charge in [-0.25, -0.2) is 0 Å². The van der Waals surface area contributed by atoms with Gasteiger partial charge >= 0.3 is 0 Å². The van der Waals surface area contributed by atoms with Crippen molar-refractivity contribution < 1.29 is 10.2 Å². The molecule has 0 aliphatic carbocycles. The van der Waals surface area contributed by atoms with E-state index in [9.17, 15) is 5.11 Å². The molecule has 2 N–H and O–H groups in total. The molecule has 0 amide bonds. The molecule has 0 bridgehead atoms. The maximum absolute atomic E-state index is 9.59. The van der Waals surface area contributed by atoms with Crippen LogP contribution in [-0.4, -0.2) is 46.5 Å². The van der Waals surface area contributed by atoms with Gasteiger partial charge in [0.15, 0.2) is 0 Å². The summed E-state index contributed by atoms with van der Waals surface area (Å²) in [7, 11) is 0. The molecule has 78 valence electrons. The van der Waals surface area contributed by atoms with Crippen molar-refractivity contribution in [1.29, 1.82) is 0 Å². The molecule has 1 aliphatic heterocycles. The Hall–Kier alpha value is -0.120. The van der Waals surface area contributed by atoms with E-state index < -0.39 is 0 Å². The molecule has 0 aromatic heterocycles. The first-order valence-corrected chi connectivity index (χ1v) is 4.97. The first kappa shape index (κ1) is 11.0. The van der Waals surface area contributed by atoms with Crippen molar-refractivity contribution in [2.45, 2.75) is 38.8 Å². The number of β-amino-alcohol motifs (C(OH)–C–C–N with tert-alkyl or cyclic N) is 1.